The second kappa shape index (κ2) is 6.83. The molecule has 1 N–H and O–H groups in total. The average Bonchev–Trinajstić information content (AvgIpc) is 2.80. The minimum atomic E-state index is -1.46. The highest BCUT2D eigenvalue weighted by Gasteiger charge is 2.23. The van der Waals surface area contributed by atoms with Crippen molar-refractivity contribution in [3.05, 3.63) is 47.1 Å². The van der Waals surface area contributed by atoms with E-state index in [4.69, 9.17) is 4.52 Å². The number of hydrogen-bond acceptors (Lipinski definition) is 4. The Hall–Kier alpha value is -2.02. The molecule has 2 atom stereocenters. The normalized spacial score (nSPS) is 13.6. The molecule has 118 valence electrons. The van der Waals surface area contributed by atoms with E-state index in [9.17, 15) is 13.4 Å². The summed E-state index contributed by atoms with van der Waals surface area (Å²) in [5.74, 6) is -0.255. The molecule has 1 aromatic carbocycles. The Balaban J connectivity index is 2.04. The van der Waals surface area contributed by atoms with E-state index in [1.807, 2.05) is 0 Å². The van der Waals surface area contributed by atoms with Crippen LogP contribution >= 0.6 is 0 Å². The number of carbonyl (C=O) groups is 1. The summed E-state index contributed by atoms with van der Waals surface area (Å²) in [5.41, 5.74) is 1.48. The highest BCUT2D eigenvalue weighted by Crippen LogP contribution is 2.18. The predicted octanol–water partition coefficient (Wildman–Crippen LogP) is 2.71. The second-order valence-corrected chi connectivity index (χ2v) is 6.70. The number of rotatable bonds is 5. The number of carbonyl (C=O) groups excluding carboxylic acids is 1. The Morgan fingerprint density at radius 3 is 2.68 bits per heavy atom. The van der Waals surface area contributed by atoms with Gasteiger partial charge in [0.05, 0.1) is 17.1 Å². The van der Waals surface area contributed by atoms with Gasteiger partial charge in [-0.15, -0.1) is 0 Å². The molecular formula is C15H17FN2O3S. The smallest absolute Gasteiger partial charge is 0.239 e. The number of nitrogens with one attached hydrogen (secondary N) is 1. The van der Waals surface area contributed by atoms with Crippen LogP contribution in [0, 0.1) is 19.7 Å². The van der Waals surface area contributed by atoms with Gasteiger partial charge >= 0.3 is 0 Å². The van der Waals surface area contributed by atoms with Crippen LogP contribution in [0.1, 0.15) is 23.9 Å². The van der Waals surface area contributed by atoms with E-state index in [1.54, 1.807) is 26.8 Å². The Bertz CT molecular complexity index is 695. The number of amides is 1. The lowest BCUT2D eigenvalue weighted by atomic mass is 10.2. The summed E-state index contributed by atoms with van der Waals surface area (Å²) >= 11 is 0. The predicted molar refractivity (Wildman–Crippen MR) is 82.3 cm³/mol. The molecule has 0 radical (unpaired) electrons. The van der Waals surface area contributed by atoms with Crippen LogP contribution in [0.25, 0.3) is 0 Å². The summed E-state index contributed by atoms with van der Waals surface area (Å²) in [4.78, 5) is 12.1. The number of halogens is 1. The second-order valence-electron chi connectivity index (χ2n) is 4.94. The van der Waals surface area contributed by atoms with Gasteiger partial charge in [-0.05, 0) is 32.9 Å². The van der Waals surface area contributed by atoms with E-state index in [0.717, 1.165) is 5.56 Å². The molecule has 0 bridgehead atoms. The van der Waals surface area contributed by atoms with Crippen LogP contribution < -0.4 is 5.32 Å². The lowest BCUT2D eigenvalue weighted by molar-refractivity contribution is -0.115. The summed E-state index contributed by atoms with van der Waals surface area (Å²) in [6.45, 7) is 5.04. The van der Waals surface area contributed by atoms with Gasteiger partial charge in [0, 0.05) is 16.4 Å². The molecule has 0 saturated heterocycles. The van der Waals surface area contributed by atoms with Crippen LogP contribution in [0.5, 0.6) is 0 Å². The fraction of sp³-hybridized carbons (Fsp3) is 0.333. The van der Waals surface area contributed by atoms with Crippen molar-refractivity contribution in [2.24, 2.45) is 0 Å². The molecule has 2 aromatic rings. The Morgan fingerprint density at radius 2 is 2.09 bits per heavy atom. The van der Waals surface area contributed by atoms with E-state index in [2.05, 4.69) is 10.5 Å². The number of para-hydroxylation sites is 1. The molecule has 0 aliphatic rings. The first-order valence-corrected chi connectivity index (χ1v) is 8.12. The van der Waals surface area contributed by atoms with Crippen molar-refractivity contribution in [1.29, 1.82) is 0 Å². The maximum absolute atomic E-state index is 13.5. The Morgan fingerprint density at radius 1 is 1.41 bits per heavy atom. The van der Waals surface area contributed by atoms with E-state index >= 15 is 0 Å². The monoisotopic (exact) mass is 324 g/mol. The maximum Gasteiger partial charge on any atom is 0.239 e. The number of benzene rings is 1. The van der Waals surface area contributed by atoms with Gasteiger partial charge in [-0.1, -0.05) is 17.3 Å². The van der Waals surface area contributed by atoms with Crippen LogP contribution in [0.4, 0.5) is 10.1 Å². The molecule has 0 fully saturated rings. The summed E-state index contributed by atoms with van der Waals surface area (Å²) < 4.78 is 30.8. The summed E-state index contributed by atoms with van der Waals surface area (Å²) in [6, 6.07) is 5.85. The van der Waals surface area contributed by atoms with Crippen molar-refractivity contribution in [3.63, 3.8) is 0 Å². The van der Waals surface area contributed by atoms with Crippen molar-refractivity contribution in [3.8, 4) is 0 Å². The van der Waals surface area contributed by atoms with Gasteiger partial charge in [-0.2, -0.15) is 0 Å². The van der Waals surface area contributed by atoms with Gasteiger partial charge in [0.15, 0.2) is 0 Å². The van der Waals surface area contributed by atoms with Crippen LogP contribution in [-0.2, 0) is 21.3 Å². The largest absolute Gasteiger partial charge is 0.361 e. The summed E-state index contributed by atoms with van der Waals surface area (Å²) in [6.07, 6.45) is 0. The molecule has 2 rings (SSSR count). The highest BCUT2D eigenvalue weighted by atomic mass is 32.2. The van der Waals surface area contributed by atoms with Crippen molar-refractivity contribution in [2.75, 3.05) is 5.32 Å². The molecule has 0 saturated carbocycles. The fourth-order valence-corrected chi connectivity index (χ4v) is 3.14. The first-order valence-electron chi connectivity index (χ1n) is 6.74. The number of anilines is 1. The number of nitrogens with zero attached hydrogens (tertiary/aromatic N) is 1. The zero-order chi connectivity index (χ0) is 16.3. The fourth-order valence-electron chi connectivity index (χ4n) is 1.89. The van der Waals surface area contributed by atoms with Gasteiger partial charge in [0.25, 0.3) is 0 Å². The summed E-state index contributed by atoms with van der Waals surface area (Å²) in [5, 5.41) is 5.46. The molecule has 0 spiro atoms. The average molecular weight is 324 g/mol. The number of hydrogen-bond donors (Lipinski definition) is 1. The molecule has 1 heterocycles. The molecule has 0 aliphatic heterocycles. The van der Waals surface area contributed by atoms with Crippen molar-refractivity contribution in [1.82, 2.24) is 5.16 Å². The number of aryl methyl sites for hydroxylation is 2. The van der Waals surface area contributed by atoms with Crippen LogP contribution in [0.2, 0.25) is 0 Å². The van der Waals surface area contributed by atoms with Crippen molar-refractivity contribution in [2.45, 2.75) is 31.8 Å². The van der Waals surface area contributed by atoms with E-state index in [0.29, 0.717) is 11.5 Å². The van der Waals surface area contributed by atoms with Gasteiger partial charge in [-0.3, -0.25) is 9.00 Å². The third kappa shape index (κ3) is 3.59. The molecule has 0 unspecified atom stereocenters. The van der Waals surface area contributed by atoms with E-state index in [1.165, 1.54) is 18.2 Å². The Kier molecular flexibility index (Phi) is 5.07. The third-order valence-electron chi connectivity index (χ3n) is 3.36. The van der Waals surface area contributed by atoms with Gasteiger partial charge < -0.3 is 9.84 Å². The Labute approximate surface area is 130 Å². The third-order valence-corrected chi connectivity index (χ3v) is 4.94. The van der Waals surface area contributed by atoms with Crippen LogP contribution in [-0.4, -0.2) is 20.5 Å². The molecular weight excluding hydrogens is 307 g/mol. The molecule has 7 heteroatoms. The standard InChI is InChI=1S/C15H17FN2O3S/c1-9-12(10(2)21-18-9)8-22(20)11(3)15(19)17-14-7-5-4-6-13(14)16/h4-7,11H,8H2,1-3H3,(H,17,19)/t11-,22-/m0/s1. The zero-order valence-corrected chi connectivity index (χ0v) is 13.4. The van der Waals surface area contributed by atoms with Gasteiger partial charge in [0.1, 0.15) is 16.8 Å². The van der Waals surface area contributed by atoms with Crippen molar-refractivity contribution >= 4 is 22.4 Å². The van der Waals surface area contributed by atoms with Crippen molar-refractivity contribution < 1.29 is 17.9 Å². The summed E-state index contributed by atoms with van der Waals surface area (Å²) in [7, 11) is -1.46. The molecule has 5 nitrogen and oxygen atoms in total. The van der Waals surface area contributed by atoms with Crippen LogP contribution in [0.15, 0.2) is 28.8 Å². The van der Waals surface area contributed by atoms with Gasteiger partial charge in [-0.25, -0.2) is 4.39 Å². The quantitative estimate of drug-likeness (QED) is 0.918. The minimum Gasteiger partial charge on any atom is -0.361 e. The van der Waals surface area contributed by atoms with E-state index in [-0.39, 0.29) is 11.4 Å². The SMILES string of the molecule is Cc1noc(C)c1C[S@](=O)[C@@H](C)C(=O)Nc1ccccc1F. The maximum atomic E-state index is 13.5. The zero-order valence-electron chi connectivity index (χ0n) is 12.6. The topological polar surface area (TPSA) is 72.2 Å². The van der Waals surface area contributed by atoms with Crippen LogP contribution in [0.3, 0.4) is 0 Å². The number of aromatic nitrogens is 1. The first kappa shape index (κ1) is 16.4. The first-order chi connectivity index (χ1) is 10.4. The molecule has 1 aromatic heterocycles. The lowest BCUT2D eigenvalue weighted by Crippen LogP contribution is -2.30. The molecule has 1 amide bonds. The molecule has 0 aliphatic carbocycles. The highest BCUT2D eigenvalue weighted by molar-refractivity contribution is 7.85. The minimum absolute atomic E-state index is 0.0775. The lowest BCUT2D eigenvalue weighted by Gasteiger charge is -2.12. The molecule has 22 heavy (non-hydrogen) atoms. The van der Waals surface area contributed by atoms with Gasteiger partial charge in [0.2, 0.25) is 5.91 Å². The van der Waals surface area contributed by atoms with E-state index < -0.39 is 27.8 Å².